The number of amides is 1. The molecule has 1 aromatic rings. The van der Waals surface area contributed by atoms with Gasteiger partial charge in [0.2, 0.25) is 5.91 Å². The van der Waals surface area contributed by atoms with E-state index in [2.05, 4.69) is 10.4 Å². The Labute approximate surface area is 113 Å². The third-order valence-electron chi connectivity index (χ3n) is 2.97. The molecule has 104 valence electrons. The lowest BCUT2D eigenvalue weighted by molar-refractivity contribution is -0.116. The molecule has 1 heterocycles. The van der Waals surface area contributed by atoms with Crippen LogP contribution in [-0.2, 0) is 16.6 Å². The second-order valence-corrected chi connectivity index (χ2v) is 4.94. The molecule has 5 heteroatoms. The monoisotopic (exact) mass is 263 g/mol. The number of hydrogen-bond acceptors (Lipinski definition) is 3. The molecule has 19 heavy (non-hydrogen) atoms. The lowest BCUT2D eigenvalue weighted by atomic mass is 10.3. The summed E-state index contributed by atoms with van der Waals surface area (Å²) in [4.78, 5) is 11.5. The van der Waals surface area contributed by atoms with E-state index in [0.29, 0.717) is 6.54 Å². The molecule has 0 radical (unpaired) electrons. The molecule has 0 spiro atoms. The summed E-state index contributed by atoms with van der Waals surface area (Å²) in [6.45, 7) is 2.26. The van der Waals surface area contributed by atoms with Crippen molar-refractivity contribution < 1.29 is 9.53 Å². The van der Waals surface area contributed by atoms with Gasteiger partial charge in [0.25, 0.3) is 0 Å². The molecule has 1 aromatic heterocycles. The predicted octanol–water partition coefficient (Wildman–Crippen LogP) is 1.37. The van der Waals surface area contributed by atoms with Crippen molar-refractivity contribution >= 4 is 12.0 Å². The maximum Gasteiger partial charge on any atom is 0.244 e. The Kier molecular flexibility index (Phi) is 5.15. The first-order valence-corrected chi connectivity index (χ1v) is 6.76. The Morgan fingerprint density at radius 1 is 1.63 bits per heavy atom. The van der Waals surface area contributed by atoms with Gasteiger partial charge < -0.3 is 10.1 Å². The number of carbonyl (C=O) groups is 1. The van der Waals surface area contributed by atoms with Crippen LogP contribution in [0.5, 0.6) is 0 Å². The molecule has 0 aromatic carbocycles. The van der Waals surface area contributed by atoms with Crippen molar-refractivity contribution in [1.82, 2.24) is 15.1 Å². The van der Waals surface area contributed by atoms with Crippen LogP contribution in [0.1, 0.15) is 24.8 Å². The van der Waals surface area contributed by atoms with E-state index in [-0.39, 0.29) is 5.91 Å². The van der Waals surface area contributed by atoms with Gasteiger partial charge in [-0.05, 0) is 31.3 Å². The van der Waals surface area contributed by atoms with Gasteiger partial charge in [-0.15, -0.1) is 0 Å². The predicted molar refractivity (Wildman–Crippen MR) is 73.4 cm³/mol. The normalized spacial score (nSPS) is 15.0. The molecule has 0 saturated heterocycles. The molecule has 5 nitrogen and oxygen atoms in total. The Morgan fingerprint density at radius 3 is 3.16 bits per heavy atom. The third kappa shape index (κ3) is 5.70. The molecule has 2 rings (SSSR count). The van der Waals surface area contributed by atoms with E-state index >= 15 is 0 Å². The average molecular weight is 263 g/mol. The van der Waals surface area contributed by atoms with E-state index in [1.54, 1.807) is 17.0 Å². The summed E-state index contributed by atoms with van der Waals surface area (Å²) in [6.07, 6.45) is 10.4. The van der Waals surface area contributed by atoms with Crippen LogP contribution in [0.2, 0.25) is 0 Å². The van der Waals surface area contributed by atoms with Crippen molar-refractivity contribution in [3.05, 3.63) is 24.0 Å². The van der Waals surface area contributed by atoms with Gasteiger partial charge in [-0.25, -0.2) is 0 Å². The van der Waals surface area contributed by atoms with Gasteiger partial charge in [0.1, 0.15) is 0 Å². The van der Waals surface area contributed by atoms with Crippen LogP contribution in [0.15, 0.2) is 18.5 Å². The second kappa shape index (κ2) is 7.09. The van der Waals surface area contributed by atoms with Crippen LogP contribution in [-0.4, -0.2) is 35.4 Å². The number of carbonyl (C=O) groups excluding carboxylic acids is 1. The standard InChI is InChI=1S/C14H21N3O2/c1-17-10-13(9-16-17)5-6-14(18)15-7-2-8-19-11-12-3-4-12/h5-6,9-10,12H,2-4,7-8,11H2,1H3,(H,15,18)/b6-5+. The summed E-state index contributed by atoms with van der Waals surface area (Å²) >= 11 is 0. The minimum atomic E-state index is -0.0777. The lowest BCUT2D eigenvalue weighted by Gasteiger charge is -2.03. The number of nitrogens with zero attached hydrogens (tertiary/aromatic N) is 2. The van der Waals surface area contributed by atoms with E-state index in [1.165, 1.54) is 18.9 Å². The first-order valence-electron chi connectivity index (χ1n) is 6.76. The molecule has 0 atom stereocenters. The van der Waals surface area contributed by atoms with Crippen molar-refractivity contribution in [1.29, 1.82) is 0 Å². The van der Waals surface area contributed by atoms with Gasteiger partial charge in [-0.1, -0.05) is 0 Å². The zero-order valence-corrected chi connectivity index (χ0v) is 11.3. The van der Waals surface area contributed by atoms with E-state index in [4.69, 9.17) is 4.74 Å². The van der Waals surface area contributed by atoms with Gasteiger partial charge in [-0.2, -0.15) is 5.10 Å². The van der Waals surface area contributed by atoms with Crippen LogP contribution in [0.3, 0.4) is 0 Å². The van der Waals surface area contributed by atoms with Crippen LogP contribution in [0, 0.1) is 5.92 Å². The van der Waals surface area contributed by atoms with Crippen LogP contribution in [0.25, 0.3) is 6.08 Å². The van der Waals surface area contributed by atoms with E-state index in [0.717, 1.165) is 31.1 Å². The number of rotatable bonds is 8. The van der Waals surface area contributed by atoms with Crippen molar-refractivity contribution in [2.75, 3.05) is 19.8 Å². The van der Waals surface area contributed by atoms with Crippen LogP contribution in [0.4, 0.5) is 0 Å². The highest BCUT2D eigenvalue weighted by Gasteiger charge is 2.20. The molecule has 1 fully saturated rings. The Bertz CT molecular complexity index is 436. The highest BCUT2D eigenvalue weighted by Crippen LogP contribution is 2.28. The van der Waals surface area contributed by atoms with Gasteiger partial charge in [0.05, 0.1) is 6.20 Å². The van der Waals surface area contributed by atoms with E-state index in [9.17, 15) is 4.79 Å². The van der Waals surface area contributed by atoms with Crippen molar-refractivity contribution in [3.63, 3.8) is 0 Å². The number of hydrogen-bond donors (Lipinski definition) is 1. The first-order chi connectivity index (χ1) is 9.24. The molecule has 1 N–H and O–H groups in total. The fourth-order valence-corrected chi connectivity index (χ4v) is 1.68. The van der Waals surface area contributed by atoms with E-state index < -0.39 is 0 Å². The summed E-state index contributed by atoms with van der Waals surface area (Å²) in [6, 6.07) is 0. The number of aromatic nitrogens is 2. The SMILES string of the molecule is Cn1cc(/C=C/C(=O)NCCCOCC2CC2)cn1. The Balaban J connectivity index is 1.52. The summed E-state index contributed by atoms with van der Waals surface area (Å²) in [5.74, 6) is 0.725. The number of nitrogens with one attached hydrogen (secondary N) is 1. The topological polar surface area (TPSA) is 56.2 Å². The molecule has 0 unspecified atom stereocenters. The fraction of sp³-hybridized carbons (Fsp3) is 0.571. The lowest BCUT2D eigenvalue weighted by Crippen LogP contribution is -2.23. The van der Waals surface area contributed by atoms with Gasteiger partial charge >= 0.3 is 0 Å². The minimum Gasteiger partial charge on any atom is -0.381 e. The molecule has 1 aliphatic carbocycles. The van der Waals surface area contributed by atoms with Crippen molar-refractivity contribution in [3.8, 4) is 0 Å². The summed E-state index contributed by atoms with van der Waals surface area (Å²) < 4.78 is 7.19. The first kappa shape index (κ1) is 13.8. The number of aryl methyl sites for hydroxylation is 1. The molecule has 1 aliphatic rings. The molecule has 0 bridgehead atoms. The van der Waals surface area contributed by atoms with Crippen molar-refractivity contribution in [2.24, 2.45) is 13.0 Å². The highest BCUT2D eigenvalue weighted by atomic mass is 16.5. The summed E-state index contributed by atoms with van der Waals surface area (Å²) in [5, 5.41) is 6.86. The largest absolute Gasteiger partial charge is 0.381 e. The second-order valence-electron chi connectivity index (χ2n) is 4.94. The summed E-state index contributed by atoms with van der Waals surface area (Å²) in [7, 11) is 1.85. The van der Waals surface area contributed by atoms with Crippen LogP contribution < -0.4 is 5.32 Å². The molecule has 1 saturated carbocycles. The zero-order valence-electron chi connectivity index (χ0n) is 11.3. The quantitative estimate of drug-likeness (QED) is 0.569. The molecular weight excluding hydrogens is 242 g/mol. The molecule has 1 amide bonds. The Hall–Kier alpha value is -1.62. The van der Waals surface area contributed by atoms with Gasteiger partial charge in [-0.3, -0.25) is 9.48 Å². The average Bonchev–Trinajstić information content (AvgIpc) is 3.12. The fourth-order valence-electron chi connectivity index (χ4n) is 1.68. The van der Waals surface area contributed by atoms with Crippen LogP contribution >= 0.6 is 0 Å². The summed E-state index contributed by atoms with van der Waals surface area (Å²) in [5.41, 5.74) is 0.922. The smallest absolute Gasteiger partial charge is 0.244 e. The molecule has 0 aliphatic heterocycles. The third-order valence-corrected chi connectivity index (χ3v) is 2.97. The van der Waals surface area contributed by atoms with Gasteiger partial charge in [0, 0.05) is 44.6 Å². The minimum absolute atomic E-state index is 0.0777. The maximum absolute atomic E-state index is 11.5. The number of ether oxygens (including phenoxy) is 1. The zero-order chi connectivity index (χ0) is 13.5. The van der Waals surface area contributed by atoms with Crippen molar-refractivity contribution in [2.45, 2.75) is 19.3 Å². The Morgan fingerprint density at radius 2 is 2.47 bits per heavy atom. The van der Waals surface area contributed by atoms with E-state index in [1.807, 2.05) is 13.2 Å². The molecular formula is C14H21N3O2. The highest BCUT2D eigenvalue weighted by molar-refractivity contribution is 5.91. The maximum atomic E-state index is 11.5. The van der Waals surface area contributed by atoms with Gasteiger partial charge in [0.15, 0.2) is 0 Å².